The Balaban J connectivity index is 2.18. The second-order valence-corrected chi connectivity index (χ2v) is 3.32. The van der Waals surface area contributed by atoms with Gasteiger partial charge in [-0.25, -0.2) is 4.79 Å². The van der Waals surface area contributed by atoms with Crippen LogP contribution in [0.2, 0.25) is 0 Å². The van der Waals surface area contributed by atoms with E-state index in [0.29, 0.717) is 24.0 Å². The first-order valence-electron chi connectivity index (χ1n) is 4.05. The molecule has 1 saturated heterocycles. The summed E-state index contributed by atoms with van der Waals surface area (Å²) >= 11 is 0. The molecule has 3 nitrogen and oxygen atoms in total. The van der Waals surface area contributed by atoms with Gasteiger partial charge in [0.15, 0.2) is 0 Å². The van der Waals surface area contributed by atoms with E-state index < -0.39 is 5.97 Å². The minimum absolute atomic E-state index is 0.285. The van der Waals surface area contributed by atoms with Crippen molar-refractivity contribution in [2.45, 2.75) is 18.5 Å². The highest BCUT2D eigenvalue weighted by Gasteiger charge is 2.43. The lowest BCUT2D eigenvalue weighted by atomic mass is 9.89. The first kappa shape index (κ1) is 7.55. The molecule has 0 radical (unpaired) electrons. The van der Waals surface area contributed by atoms with Gasteiger partial charge in [-0.15, -0.1) is 6.58 Å². The van der Waals surface area contributed by atoms with Crippen molar-refractivity contribution in [1.82, 2.24) is 5.32 Å². The topological polar surface area (TPSA) is 59.2 Å². The summed E-state index contributed by atoms with van der Waals surface area (Å²) in [5.41, 5.74) is 0.520. The quantitative estimate of drug-likeness (QED) is 0.464. The van der Waals surface area contributed by atoms with Crippen molar-refractivity contribution < 1.29 is 9.90 Å². The van der Waals surface area contributed by atoms with Crippen LogP contribution in [0.15, 0.2) is 24.3 Å². The van der Waals surface area contributed by atoms with Crippen LogP contribution >= 0.6 is 0 Å². The maximum atomic E-state index is 10.6. The molecular formula is C9H11NO2. The van der Waals surface area contributed by atoms with Gasteiger partial charge in [0.1, 0.15) is 0 Å². The Bertz CT molecular complexity index is 270. The smallest absolute Gasteiger partial charge is 0.331 e. The largest absolute Gasteiger partial charge is 0.478 e. The molecule has 0 saturated carbocycles. The van der Waals surface area contributed by atoms with Crippen LogP contribution in [0.1, 0.15) is 6.42 Å². The molecule has 3 heteroatoms. The molecule has 0 aromatic rings. The minimum atomic E-state index is -0.797. The Morgan fingerprint density at radius 1 is 1.83 bits per heavy atom. The highest BCUT2D eigenvalue weighted by atomic mass is 16.4. The summed E-state index contributed by atoms with van der Waals surface area (Å²) in [7, 11) is 0. The molecule has 1 heterocycles. The number of fused-ring (bicyclic) bond motifs is 1. The molecule has 0 spiro atoms. The number of carbonyl (C=O) groups is 1. The Kier molecular flexibility index (Phi) is 1.54. The summed E-state index contributed by atoms with van der Waals surface area (Å²) in [6.45, 7) is 3.70. The molecule has 1 aliphatic heterocycles. The van der Waals surface area contributed by atoms with Crippen molar-refractivity contribution in [3.8, 4) is 0 Å². The van der Waals surface area contributed by atoms with Gasteiger partial charge in [-0.2, -0.15) is 0 Å². The van der Waals surface area contributed by atoms with E-state index in [2.05, 4.69) is 11.9 Å². The minimum Gasteiger partial charge on any atom is -0.478 e. The Labute approximate surface area is 70.8 Å². The van der Waals surface area contributed by atoms with Crippen molar-refractivity contribution in [2.75, 3.05) is 0 Å². The maximum absolute atomic E-state index is 10.6. The third kappa shape index (κ3) is 1.06. The SMILES string of the molecule is C=C[C@@H]1CC(C(=O)O)=C[C@@H]2N[C@H]12. The number of hydrogen-bond acceptors (Lipinski definition) is 2. The molecule has 2 rings (SSSR count). The van der Waals surface area contributed by atoms with Crippen molar-refractivity contribution in [3.05, 3.63) is 24.3 Å². The normalized spacial score (nSPS) is 38.0. The van der Waals surface area contributed by atoms with Crippen LogP contribution in [0, 0.1) is 5.92 Å². The summed E-state index contributed by atoms with van der Waals surface area (Å²) in [5, 5.41) is 12.0. The van der Waals surface area contributed by atoms with E-state index in [0.717, 1.165) is 0 Å². The van der Waals surface area contributed by atoms with E-state index >= 15 is 0 Å². The molecule has 1 fully saturated rings. The van der Waals surface area contributed by atoms with Crippen LogP contribution in [0.5, 0.6) is 0 Å². The van der Waals surface area contributed by atoms with Crippen molar-refractivity contribution in [3.63, 3.8) is 0 Å². The standard InChI is InChI=1S/C9H11NO2/c1-2-5-3-6(9(11)12)4-7-8(5)10-7/h2,4-5,7-8,10H,1,3H2,(H,11,12)/t5-,7+,8-/m1/s1. The lowest BCUT2D eigenvalue weighted by Crippen LogP contribution is -2.17. The van der Waals surface area contributed by atoms with E-state index in [9.17, 15) is 4.79 Å². The van der Waals surface area contributed by atoms with Gasteiger partial charge in [-0.1, -0.05) is 12.2 Å². The predicted octanol–water partition coefficient (Wildman–Crippen LogP) is 0.544. The maximum Gasteiger partial charge on any atom is 0.331 e. The van der Waals surface area contributed by atoms with Crippen molar-refractivity contribution in [1.29, 1.82) is 0 Å². The van der Waals surface area contributed by atoms with Gasteiger partial charge in [0.25, 0.3) is 0 Å². The third-order valence-electron chi connectivity index (χ3n) is 2.54. The van der Waals surface area contributed by atoms with E-state index in [4.69, 9.17) is 5.11 Å². The molecule has 2 aliphatic rings. The first-order chi connectivity index (χ1) is 5.72. The predicted molar refractivity (Wildman–Crippen MR) is 44.7 cm³/mol. The van der Waals surface area contributed by atoms with Crippen molar-refractivity contribution >= 4 is 5.97 Å². The monoisotopic (exact) mass is 165 g/mol. The number of carboxylic acid groups (broad SMARTS) is 1. The molecule has 1 aliphatic carbocycles. The zero-order valence-electron chi connectivity index (χ0n) is 6.66. The molecule has 0 unspecified atom stereocenters. The summed E-state index contributed by atoms with van der Waals surface area (Å²) in [4.78, 5) is 10.6. The molecule has 0 amide bonds. The zero-order chi connectivity index (χ0) is 8.72. The summed E-state index contributed by atoms with van der Waals surface area (Å²) < 4.78 is 0. The molecule has 64 valence electrons. The molecule has 0 aromatic heterocycles. The van der Waals surface area contributed by atoms with Gasteiger partial charge >= 0.3 is 5.97 Å². The van der Waals surface area contributed by atoms with E-state index in [1.165, 1.54) is 0 Å². The van der Waals surface area contributed by atoms with Gasteiger partial charge < -0.3 is 10.4 Å². The number of rotatable bonds is 2. The highest BCUT2D eigenvalue weighted by Crippen LogP contribution is 2.33. The van der Waals surface area contributed by atoms with Crippen LogP contribution in [-0.4, -0.2) is 23.2 Å². The average molecular weight is 165 g/mol. The van der Waals surface area contributed by atoms with Gasteiger partial charge in [0, 0.05) is 17.7 Å². The fourth-order valence-electron chi connectivity index (χ4n) is 1.76. The molecule has 3 atom stereocenters. The van der Waals surface area contributed by atoms with Crippen LogP contribution in [0.4, 0.5) is 0 Å². The highest BCUT2D eigenvalue weighted by molar-refractivity contribution is 5.87. The van der Waals surface area contributed by atoms with E-state index in [-0.39, 0.29) is 6.04 Å². The first-order valence-corrected chi connectivity index (χ1v) is 4.05. The van der Waals surface area contributed by atoms with Gasteiger partial charge in [0.2, 0.25) is 0 Å². The van der Waals surface area contributed by atoms with Crippen LogP contribution in [0.3, 0.4) is 0 Å². The number of nitrogens with one attached hydrogen (secondary N) is 1. The fourth-order valence-corrected chi connectivity index (χ4v) is 1.76. The zero-order valence-corrected chi connectivity index (χ0v) is 6.66. The summed E-state index contributed by atoms with van der Waals surface area (Å²) in [5.74, 6) is -0.500. The van der Waals surface area contributed by atoms with E-state index in [1.54, 1.807) is 0 Å². The lowest BCUT2D eigenvalue weighted by Gasteiger charge is -2.14. The van der Waals surface area contributed by atoms with Gasteiger partial charge in [-0.05, 0) is 12.3 Å². The molecule has 0 aromatic carbocycles. The van der Waals surface area contributed by atoms with Crippen LogP contribution in [-0.2, 0) is 4.79 Å². The third-order valence-corrected chi connectivity index (χ3v) is 2.54. The Morgan fingerprint density at radius 3 is 3.17 bits per heavy atom. The lowest BCUT2D eigenvalue weighted by molar-refractivity contribution is -0.132. The summed E-state index contributed by atoms with van der Waals surface area (Å²) in [6, 6.07) is 0.735. The molecule has 12 heavy (non-hydrogen) atoms. The number of aliphatic carboxylic acids is 1. The Morgan fingerprint density at radius 2 is 2.58 bits per heavy atom. The second-order valence-electron chi connectivity index (χ2n) is 3.32. The number of hydrogen-bond donors (Lipinski definition) is 2. The molecule has 2 N–H and O–H groups in total. The molecular weight excluding hydrogens is 154 g/mol. The number of carboxylic acids is 1. The van der Waals surface area contributed by atoms with Gasteiger partial charge in [-0.3, -0.25) is 0 Å². The fraction of sp³-hybridized carbons (Fsp3) is 0.444. The average Bonchev–Trinajstić information content (AvgIpc) is 2.80. The van der Waals surface area contributed by atoms with Crippen molar-refractivity contribution in [2.24, 2.45) is 5.92 Å². The van der Waals surface area contributed by atoms with Crippen LogP contribution in [0.25, 0.3) is 0 Å². The second kappa shape index (κ2) is 2.45. The van der Waals surface area contributed by atoms with Crippen LogP contribution < -0.4 is 5.32 Å². The van der Waals surface area contributed by atoms with E-state index in [1.807, 2.05) is 12.2 Å². The Hall–Kier alpha value is -1.09. The molecule has 0 bridgehead atoms. The summed E-state index contributed by atoms with van der Waals surface area (Å²) in [6.07, 6.45) is 4.27. The van der Waals surface area contributed by atoms with Gasteiger partial charge in [0.05, 0.1) is 0 Å².